The summed E-state index contributed by atoms with van der Waals surface area (Å²) in [5.41, 5.74) is 0. The van der Waals surface area contributed by atoms with Crippen molar-refractivity contribution in [1.82, 2.24) is 10.6 Å². The van der Waals surface area contributed by atoms with Crippen LogP contribution in [-0.4, -0.2) is 38.3 Å². The van der Waals surface area contributed by atoms with E-state index in [-0.39, 0.29) is 5.91 Å². The number of ether oxygens (including phenoxy) is 1. The maximum atomic E-state index is 11.2. The first-order chi connectivity index (χ1) is 6.83. The SMILES string of the molecule is CCCNC(=O)CCNC1CCOC1. The van der Waals surface area contributed by atoms with Crippen molar-refractivity contribution in [3.8, 4) is 0 Å². The van der Waals surface area contributed by atoms with Gasteiger partial charge in [0.1, 0.15) is 0 Å². The van der Waals surface area contributed by atoms with Crippen molar-refractivity contribution >= 4 is 5.91 Å². The Morgan fingerprint density at radius 3 is 3.00 bits per heavy atom. The Bertz CT molecular complexity index is 168. The molecule has 1 aliphatic heterocycles. The lowest BCUT2D eigenvalue weighted by atomic mass is 10.2. The van der Waals surface area contributed by atoms with E-state index in [2.05, 4.69) is 10.6 Å². The van der Waals surface area contributed by atoms with Crippen LogP contribution in [0.2, 0.25) is 0 Å². The smallest absolute Gasteiger partial charge is 0.221 e. The molecule has 1 atom stereocenters. The molecule has 4 nitrogen and oxygen atoms in total. The third-order valence-electron chi connectivity index (χ3n) is 2.29. The fraction of sp³-hybridized carbons (Fsp3) is 0.900. The molecule has 1 heterocycles. The van der Waals surface area contributed by atoms with E-state index in [1.165, 1.54) is 0 Å². The van der Waals surface area contributed by atoms with E-state index in [0.29, 0.717) is 12.5 Å². The molecule has 82 valence electrons. The molecule has 2 N–H and O–H groups in total. The fourth-order valence-corrected chi connectivity index (χ4v) is 1.44. The van der Waals surface area contributed by atoms with Gasteiger partial charge in [0.15, 0.2) is 0 Å². The van der Waals surface area contributed by atoms with Crippen molar-refractivity contribution in [3.63, 3.8) is 0 Å². The van der Waals surface area contributed by atoms with Gasteiger partial charge in [-0.05, 0) is 12.8 Å². The molecular formula is C10H20N2O2. The number of carbonyl (C=O) groups excluding carboxylic acids is 1. The Labute approximate surface area is 85.4 Å². The van der Waals surface area contributed by atoms with Gasteiger partial charge in [-0.25, -0.2) is 0 Å². The van der Waals surface area contributed by atoms with Crippen LogP contribution in [-0.2, 0) is 9.53 Å². The van der Waals surface area contributed by atoms with Gasteiger partial charge in [0.2, 0.25) is 5.91 Å². The van der Waals surface area contributed by atoms with Crippen molar-refractivity contribution in [1.29, 1.82) is 0 Å². The summed E-state index contributed by atoms with van der Waals surface area (Å²) in [5.74, 6) is 0.137. The first kappa shape index (κ1) is 11.5. The van der Waals surface area contributed by atoms with Gasteiger partial charge in [-0.2, -0.15) is 0 Å². The van der Waals surface area contributed by atoms with Crippen LogP contribution in [0.15, 0.2) is 0 Å². The predicted molar refractivity (Wildman–Crippen MR) is 55.1 cm³/mol. The average molecular weight is 200 g/mol. The molecule has 0 spiro atoms. The van der Waals surface area contributed by atoms with Crippen molar-refractivity contribution in [2.45, 2.75) is 32.2 Å². The molecule has 1 rings (SSSR count). The van der Waals surface area contributed by atoms with Crippen molar-refractivity contribution < 1.29 is 9.53 Å². The van der Waals surface area contributed by atoms with E-state index in [4.69, 9.17) is 4.74 Å². The van der Waals surface area contributed by atoms with E-state index in [9.17, 15) is 4.79 Å². The molecule has 1 fully saturated rings. The first-order valence-corrected chi connectivity index (χ1v) is 5.40. The second-order valence-electron chi connectivity index (χ2n) is 3.61. The predicted octanol–water partition coefficient (Wildman–Crippen LogP) is 0.281. The fourth-order valence-electron chi connectivity index (χ4n) is 1.44. The summed E-state index contributed by atoms with van der Waals surface area (Å²) in [4.78, 5) is 11.2. The summed E-state index contributed by atoms with van der Waals surface area (Å²) in [7, 11) is 0. The van der Waals surface area contributed by atoms with Crippen molar-refractivity contribution in [2.75, 3.05) is 26.3 Å². The zero-order valence-electron chi connectivity index (χ0n) is 8.84. The molecule has 1 unspecified atom stereocenters. The number of hydrogen-bond donors (Lipinski definition) is 2. The quantitative estimate of drug-likeness (QED) is 0.647. The second-order valence-corrected chi connectivity index (χ2v) is 3.61. The molecule has 0 bridgehead atoms. The van der Waals surface area contributed by atoms with Crippen molar-refractivity contribution in [2.24, 2.45) is 0 Å². The van der Waals surface area contributed by atoms with Gasteiger partial charge in [-0.1, -0.05) is 6.92 Å². The standard InChI is InChI=1S/C10H20N2O2/c1-2-5-12-10(13)3-6-11-9-4-7-14-8-9/h9,11H,2-8H2,1H3,(H,12,13). The first-order valence-electron chi connectivity index (χ1n) is 5.40. The Hall–Kier alpha value is -0.610. The molecule has 0 aromatic carbocycles. The molecule has 0 saturated carbocycles. The number of rotatable bonds is 6. The van der Waals surface area contributed by atoms with Crippen LogP contribution in [0.25, 0.3) is 0 Å². The Morgan fingerprint density at radius 2 is 2.36 bits per heavy atom. The molecular weight excluding hydrogens is 180 g/mol. The number of amides is 1. The third kappa shape index (κ3) is 4.58. The highest BCUT2D eigenvalue weighted by molar-refractivity contribution is 5.75. The van der Waals surface area contributed by atoms with Crippen LogP contribution in [0.5, 0.6) is 0 Å². The average Bonchev–Trinajstić information content (AvgIpc) is 2.67. The van der Waals surface area contributed by atoms with Crippen LogP contribution in [0, 0.1) is 0 Å². The number of carbonyl (C=O) groups is 1. The lowest BCUT2D eigenvalue weighted by molar-refractivity contribution is -0.121. The number of nitrogens with one attached hydrogen (secondary N) is 2. The molecule has 1 saturated heterocycles. The minimum absolute atomic E-state index is 0.137. The van der Waals surface area contributed by atoms with E-state index >= 15 is 0 Å². The highest BCUT2D eigenvalue weighted by atomic mass is 16.5. The zero-order chi connectivity index (χ0) is 10.2. The second kappa shape index (κ2) is 6.79. The van der Waals surface area contributed by atoms with Gasteiger partial charge < -0.3 is 15.4 Å². The van der Waals surface area contributed by atoms with E-state index in [1.807, 2.05) is 6.92 Å². The van der Waals surface area contributed by atoms with Crippen LogP contribution >= 0.6 is 0 Å². The summed E-state index contributed by atoms with van der Waals surface area (Å²) in [6.45, 7) is 5.22. The highest BCUT2D eigenvalue weighted by Crippen LogP contribution is 2.02. The Kier molecular flexibility index (Phi) is 5.56. The maximum absolute atomic E-state index is 11.2. The van der Waals surface area contributed by atoms with Gasteiger partial charge in [-0.3, -0.25) is 4.79 Å². The maximum Gasteiger partial charge on any atom is 0.221 e. The summed E-state index contributed by atoms with van der Waals surface area (Å²) in [6.07, 6.45) is 2.63. The largest absolute Gasteiger partial charge is 0.380 e. The van der Waals surface area contributed by atoms with Gasteiger partial charge in [-0.15, -0.1) is 0 Å². The molecule has 0 aliphatic carbocycles. The molecule has 1 amide bonds. The van der Waals surface area contributed by atoms with Gasteiger partial charge >= 0.3 is 0 Å². The van der Waals surface area contributed by atoms with E-state index < -0.39 is 0 Å². The molecule has 0 aromatic heterocycles. The van der Waals surface area contributed by atoms with Crippen LogP contribution < -0.4 is 10.6 Å². The highest BCUT2D eigenvalue weighted by Gasteiger charge is 2.14. The minimum Gasteiger partial charge on any atom is -0.380 e. The lowest BCUT2D eigenvalue weighted by Crippen LogP contribution is -2.33. The molecule has 0 aromatic rings. The number of hydrogen-bond acceptors (Lipinski definition) is 3. The summed E-state index contributed by atoms with van der Waals surface area (Å²) in [5, 5.41) is 6.15. The van der Waals surface area contributed by atoms with E-state index in [0.717, 1.165) is 39.1 Å². The lowest BCUT2D eigenvalue weighted by Gasteiger charge is -2.09. The van der Waals surface area contributed by atoms with Crippen LogP contribution in [0.3, 0.4) is 0 Å². The van der Waals surface area contributed by atoms with Gasteiger partial charge in [0, 0.05) is 32.2 Å². The molecule has 4 heteroatoms. The van der Waals surface area contributed by atoms with Crippen molar-refractivity contribution in [3.05, 3.63) is 0 Å². The molecule has 14 heavy (non-hydrogen) atoms. The Morgan fingerprint density at radius 1 is 1.50 bits per heavy atom. The Balaban J connectivity index is 1.94. The van der Waals surface area contributed by atoms with Crippen LogP contribution in [0.4, 0.5) is 0 Å². The van der Waals surface area contributed by atoms with Crippen LogP contribution in [0.1, 0.15) is 26.2 Å². The monoisotopic (exact) mass is 200 g/mol. The van der Waals surface area contributed by atoms with Gasteiger partial charge in [0.05, 0.1) is 6.61 Å². The normalized spacial score (nSPS) is 21.1. The summed E-state index contributed by atoms with van der Waals surface area (Å²) >= 11 is 0. The third-order valence-corrected chi connectivity index (χ3v) is 2.29. The van der Waals surface area contributed by atoms with E-state index in [1.54, 1.807) is 0 Å². The minimum atomic E-state index is 0.137. The summed E-state index contributed by atoms with van der Waals surface area (Å²) < 4.78 is 5.22. The topological polar surface area (TPSA) is 50.4 Å². The zero-order valence-corrected chi connectivity index (χ0v) is 8.84. The van der Waals surface area contributed by atoms with Gasteiger partial charge in [0.25, 0.3) is 0 Å². The molecule has 1 aliphatic rings. The molecule has 0 radical (unpaired) electrons. The summed E-state index contributed by atoms with van der Waals surface area (Å²) in [6, 6.07) is 0.453.